The van der Waals surface area contributed by atoms with E-state index >= 15 is 0 Å². The zero-order valence-corrected chi connectivity index (χ0v) is 11.5. The van der Waals surface area contributed by atoms with E-state index in [0.29, 0.717) is 9.40 Å². The first kappa shape index (κ1) is 15.3. The standard InChI is InChI=1S/C6H3NO2S2.AsF6/c8-3-1-2-4(9)6-5(3)10-7-11-6;2-1(3,4,5,6)7/h1-2H,(H-,8,9);/q;-1/p+1. The van der Waals surface area contributed by atoms with Gasteiger partial charge >= 0.3 is 44.4 Å². The van der Waals surface area contributed by atoms with E-state index in [9.17, 15) is 31.0 Å². The van der Waals surface area contributed by atoms with E-state index in [1.165, 1.54) is 35.2 Å². The number of nitrogens with zero attached hydrogens (tertiary/aromatic N) is 1. The quantitative estimate of drug-likeness (QED) is 0.316. The maximum Gasteiger partial charge on any atom is 0.329 e. The van der Waals surface area contributed by atoms with Gasteiger partial charge < -0.3 is 10.2 Å². The van der Waals surface area contributed by atoms with E-state index < -0.39 is 14.2 Å². The Labute approximate surface area is 105 Å². The summed E-state index contributed by atoms with van der Waals surface area (Å²) in [5.41, 5.74) is 0. The Hall–Kier alpha value is -0.802. The Balaban J connectivity index is 0.000000203. The van der Waals surface area contributed by atoms with Crippen LogP contribution in [0.3, 0.4) is 0 Å². The van der Waals surface area contributed by atoms with Crippen LogP contribution in [0.1, 0.15) is 0 Å². The number of fused-ring (bicyclic) bond motifs is 1. The molecule has 2 aromatic rings. The van der Waals surface area contributed by atoms with Gasteiger partial charge in [0.25, 0.3) is 0 Å². The average Bonchev–Trinajstić information content (AvgIpc) is 2.55. The van der Waals surface area contributed by atoms with Gasteiger partial charge in [0.05, 0.1) is 0 Å². The van der Waals surface area contributed by atoms with Crippen molar-refractivity contribution in [2.45, 2.75) is 0 Å². The van der Waals surface area contributed by atoms with Gasteiger partial charge in [0.1, 0.15) is 0 Å². The molecule has 18 heavy (non-hydrogen) atoms. The summed E-state index contributed by atoms with van der Waals surface area (Å²) in [5, 5.41) is 18.5. The van der Waals surface area contributed by atoms with Crippen LogP contribution in [0.25, 0.3) is 9.40 Å². The zero-order chi connectivity index (χ0) is 14.3. The normalized spacial score (nSPS) is 15.4. The van der Waals surface area contributed by atoms with Crippen LogP contribution in [0, 0.1) is 0 Å². The number of aromatic hydroxyl groups is 2. The Morgan fingerprint density at radius 3 is 1.39 bits per heavy atom. The third kappa shape index (κ3) is 6.22. The van der Waals surface area contributed by atoms with Crippen LogP contribution >= 0.6 is 23.1 Å². The number of halogens is 6. The molecule has 0 unspecified atom stereocenters. The van der Waals surface area contributed by atoms with Gasteiger partial charge in [0, 0.05) is 0 Å². The molecule has 3 nitrogen and oxygen atoms in total. The van der Waals surface area contributed by atoms with Crippen LogP contribution in [-0.2, 0) is 0 Å². The van der Waals surface area contributed by atoms with Gasteiger partial charge in [-0.25, -0.2) is 0 Å². The summed E-state index contributed by atoms with van der Waals surface area (Å²) in [5.74, 6) is 0.355. The van der Waals surface area contributed by atoms with Crippen LogP contribution in [0.5, 0.6) is 11.5 Å². The van der Waals surface area contributed by atoms with Crippen molar-refractivity contribution in [2.75, 3.05) is 0 Å². The number of benzene rings is 1. The second kappa shape index (κ2) is 3.84. The van der Waals surface area contributed by atoms with Crippen LogP contribution < -0.4 is 3.76 Å². The Morgan fingerprint density at radius 1 is 0.833 bits per heavy atom. The summed E-state index contributed by atoms with van der Waals surface area (Å²) in [6, 6.07) is 2.92. The van der Waals surface area contributed by atoms with Crippen LogP contribution in [-0.4, -0.2) is 24.4 Å². The first-order valence-corrected chi connectivity index (χ1v) is 9.70. The van der Waals surface area contributed by atoms with Crippen molar-refractivity contribution in [1.29, 1.82) is 0 Å². The molecule has 2 N–H and O–H groups in total. The molecule has 0 aliphatic rings. The minimum Gasteiger partial charge on any atom is -0.503 e. The van der Waals surface area contributed by atoms with E-state index in [1.54, 1.807) is 0 Å². The van der Waals surface area contributed by atoms with Crippen LogP contribution in [0.4, 0.5) is 20.8 Å². The van der Waals surface area contributed by atoms with Crippen molar-refractivity contribution in [1.82, 2.24) is 3.76 Å². The van der Waals surface area contributed by atoms with Crippen molar-refractivity contribution in [2.24, 2.45) is 0 Å². The van der Waals surface area contributed by atoms with Crippen molar-refractivity contribution in [3.8, 4) is 11.5 Å². The van der Waals surface area contributed by atoms with Crippen molar-refractivity contribution >= 4 is 46.6 Å². The molecule has 104 valence electrons. The van der Waals surface area contributed by atoms with E-state index in [2.05, 4.69) is 3.76 Å². The number of hydrogen-bond acceptors (Lipinski definition) is 2. The third-order valence-corrected chi connectivity index (χ3v) is 3.24. The molecule has 1 aromatic carbocycles. The molecule has 0 aliphatic heterocycles. The molecule has 0 atom stereocenters. The average molecular weight is 375 g/mol. The monoisotopic (exact) mass is 375 g/mol. The van der Waals surface area contributed by atoms with E-state index in [1.807, 2.05) is 0 Å². The molecule has 0 saturated heterocycles. The van der Waals surface area contributed by atoms with Crippen molar-refractivity contribution < 1.29 is 31.0 Å². The van der Waals surface area contributed by atoms with Gasteiger partial charge in [-0.3, -0.25) is 0 Å². The molecule has 12 heteroatoms. The summed E-state index contributed by atoms with van der Waals surface area (Å²) in [7, 11) is 0. The summed E-state index contributed by atoms with van der Waals surface area (Å²) in [4.78, 5) is 0. The Morgan fingerprint density at radius 2 is 1.11 bits per heavy atom. The first-order valence-electron chi connectivity index (χ1n) is 3.90. The second-order valence-electron chi connectivity index (χ2n) is 2.98. The summed E-state index contributed by atoms with van der Waals surface area (Å²) in [6.45, 7) is 0. The van der Waals surface area contributed by atoms with Gasteiger partial charge in [0.2, 0.25) is 23.1 Å². The summed E-state index contributed by atoms with van der Waals surface area (Å²) in [6.07, 6.45) is 0. The topological polar surface area (TPSA) is 54.6 Å². The minimum atomic E-state index is -11.1. The number of phenolic OH excluding ortho intramolecular Hbond substituents is 2. The molecule has 0 spiro atoms. The molecule has 0 radical (unpaired) electrons. The smallest absolute Gasteiger partial charge is 0.329 e. The van der Waals surface area contributed by atoms with Gasteiger partial charge in [-0.05, 0) is 12.1 Å². The van der Waals surface area contributed by atoms with Crippen molar-refractivity contribution in [3.05, 3.63) is 12.1 Å². The molecule has 0 aliphatic carbocycles. The number of aromatic nitrogens is 1. The summed E-state index contributed by atoms with van der Waals surface area (Å²) < 4.78 is 64.6. The molecule has 0 bridgehead atoms. The van der Waals surface area contributed by atoms with Gasteiger partial charge in [0.15, 0.2) is 11.5 Å². The fourth-order valence-electron chi connectivity index (χ4n) is 0.811. The fraction of sp³-hybridized carbons (Fsp3) is 0. The third-order valence-electron chi connectivity index (χ3n) is 1.33. The fourth-order valence-corrected chi connectivity index (χ4v) is 2.48. The zero-order valence-electron chi connectivity index (χ0n) is 8.03. The van der Waals surface area contributed by atoms with Crippen LogP contribution in [0.15, 0.2) is 12.1 Å². The largest absolute Gasteiger partial charge is 0.503 e. The van der Waals surface area contributed by atoms with E-state index in [-0.39, 0.29) is 11.5 Å². The molecule has 2 rings (SSSR count). The molecule has 0 saturated carbocycles. The van der Waals surface area contributed by atoms with Gasteiger partial charge in [-0.2, -0.15) is 0 Å². The molecule has 1 aromatic heterocycles. The van der Waals surface area contributed by atoms with Gasteiger partial charge in [-0.1, -0.05) is 0 Å². The van der Waals surface area contributed by atoms with Gasteiger partial charge in [-0.15, -0.1) is 3.76 Å². The maximum atomic E-state index is 9.91. The van der Waals surface area contributed by atoms with Crippen LogP contribution in [0.2, 0.25) is 0 Å². The van der Waals surface area contributed by atoms with E-state index in [0.717, 1.165) is 0 Å². The first-order chi connectivity index (χ1) is 7.74. The Kier molecular flexibility index (Phi) is 3.26. The predicted octanol–water partition coefficient (Wildman–Crippen LogP) is 4.03. The number of phenols is 2. The molecular formula is C6H4AsF6NO2S2. The second-order valence-corrected chi connectivity index (χ2v) is 8.78. The summed E-state index contributed by atoms with van der Waals surface area (Å²) >= 11 is -8.69. The molecule has 0 amide bonds. The Bertz CT molecular complexity index is 535. The molecule has 1 heterocycles. The molecular weight excluding hydrogens is 371 g/mol. The van der Waals surface area contributed by atoms with Crippen molar-refractivity contribution in [3.63, 3.8) is 0 Å². The minimum absolute atomic E-state index is 0.177. The predicted molar refractivity (Wildman–Crippen MR) is 57.6 cm³/mol. The van der Waals surface area contributed by atoms with E-state index in [4.69, 9.17) is 0 Å². The maximum absolute atomic E-state index is 11.1. The SMILES string of the molecule is F[As-](F)(F)(F)(F)F.Oc1ccc(O)c2[s+][n-][s+]c12. The number of hydrogen-bond donors (Lipinski definition) is 2. The molecule has 0 fully saturated rings. The number of rotatable bonds is 0.